The molecule has 12 aromatic rings. The molecule has 0 aliphatic heterocycles. The molecule has 0 saturated carbocycles. The molecule has 0 amide bonds. The molecule has 0 atom stereocenters. The van der Waals surface area contributed by atoms with Crippen LogP contribution in [0.5, 0.6) is 23.0 Å². The molecule has 0 aliphatic carbocycles. The maximum absolute atomic E-state index is 13.5. The molecule has 0 spiro atoms. The first-order valence-electron chi connectivity index (χ1n) is 28.1. The Kier molecular flexibility index (Phi) is 14.3. The average molecular weight is 1110 g/mol. The van der Waals surface area contributed by atoms with Crippen molar-refractivity contribution in [2.75, 3.05) is 0 Å². The second-order valence-electron chi connectivity index (χ2n) is 22.1. The summed E-state index contributed by atoms with van der Waals surface area (Å²) < 4.78 is 23.9. The van der Waals surface area contributed by atoms with E-state index < -0.39 is 23.9 Å². The molecule has 0 aromatic heterocycles. The van der Waals surface area contributed by atoms with E-state index in [4.69, 9.17) is 18.9 Å². The zero-order chi connectivity index (χ0) is 59.4. The van der Waals surface area contributed by atoms with Crippen LogP contribution in [0, 0.1) is 0 Å². The second kappa shape index (κ2) is 22.2. The van der Waals surface area contributed by atoms with E-state index in [-0.39, 0.29) is 11.1 Å². The first-order valence-corrected chi connectivity index (χ1v) is 28.1. The fourth-order valence-electron chi connectivity index (χ4n) is 11.1. The van der Waals surface area contributed by atoms with Gasteiger partial charge in [-0.1, -0.05) is 149 Å². The molecule has 0 N–H and O–H groups in total. The van der Waals surface area contributed by atoms with E-state index >= 15 is 0 Å². The highest BCUT2D eigenvalue weighted by atomic mass is 16.5. The van der Waals surface area contributed by atoms with Gasteiger partial charge in [0.05, 0.1) is 0 Å². The Hall–Kier alpha value is -10.7. The van der Waals surface area contributed by atoms with Crippen LogP contribution < -0.4 is 18.9 Å². The predicted octanol–water partition coefficient (Wildman–Crippen LogP) is 19.3. The van der Waals surface area contributed by atoms with E-state index in [1.807, 2.05) is 84.9 Å². The van der Waals surface area contributed by atoms with Crippen molar-refractivity contribution in [2.24, 2.45) is 0 Å². The molecule has 12 rings (SSSR count). The molecule has 0 aliphatic rings. The topological polar surface area (TPSA) is 105 Å². The molecular formula is C77H58O8. The summed E-state index contributed by atoms with van der Waals surface area (Å²) >= 11 is 0. The van der Waals surface area contributed by atoms with Crippen molar-refractivity contribution in [3.63, 3.8) is 0 Å². The van der Waals surface area contributed by atoms with Gasteiger partial charge >= 0.3 is 23.9 Å². The van der Waals surface area contributed by atoms with Crippen LogP contribution in [0.25, 0.3) is 120 Å². The monoisotopic (exact) mass is 1110 g/mol. The molecule has 0 heterocycles. The minimum absolute atomic E-state index is 0.258. The Labute approximate surface area is 492 Å². The average Bonchev–Trinajstić information content (AvgIpc) is 1.69. The summed E-state index contributed by atoms with van der Waals surface area (Å²) in [6, 6.07) is 63.3. The van der Waals surface area contributed by atoms with Crippen molar-refractivity contribution < 1.29 is 38.1 Å². The van der Waals surface area contributed by atoms with Crippen LogP contribution in [-0.4, -0.2) is 23.9 Å². The Morgan fingerprint density at radius 2 is 0.694 bits per heavy atom. The lowest BCUT2D eigenvalue weighted by atomic mass is 9.92. The summed E-state index contributed by atoms with van der Waals surface area (Å²) in [6.07, 6.45) is 2.06. The summed E-state index contributed by atoms with van der Waals surface area (Å²) in [5.41, 5.74) is 9.86. The van der Waals surface area contributed by atoms with Crippen LogP contribution in [0.1, 0.15) is 46.6 Å². The molecule has 85 heavy (non-hydrogen) atoms. The second-order valence-corrected chi connectivity index (χ2v) is 22.1. The zero-order valence-corrected chi connectivity index (χ0v) is 47.9. The predicted molar refractivity (Wildman–Crippen MR) is 347 cm³/mol. The third-order valence-electron chi connectivity index (χ3n) is 15.6. The van der Waals surface area contributed by atoms with Gasteiger partial charge in [0.25, 0.3) is 0 Å². The molecule has 0 saturated heterocycles. The fourth-order valence-corrected chi connectivity index (χ4v) is 11.1. The number of hydrogen-bond donors (Lipinski definition) is 0. The van der Waals surface area contributed by atoms with Crippen molar-refractivity contribution in [3.05, 3.63) is 242 Å². The van der Waals surface area contributed by atoms with Crippen molar-refractivity contribution in [2.45, 2.75) is 47.5 Å². The highest BCUT2D eigenvalue weighted by Crippen LogP contribution is 2.44. The first kappa shape index (κ1) is 54.9. The molecule has 8 nitrogen and oxygen atoms in total. The number of carbonyl (C=O) groups is 4. The summed E-state index contributed by atoms with van der Waals surface area (Å²) in [7, 11) is 0. The fraction of sp³-hybridized carbons (Fsp3) is 0.0909. The van der Waals surface area contributed by atoms with Crippen LogP contribution in [0.2, 0.25) is 0 Å². The Balaban J connectivity index is 0.910. The number of carbonyl (C=O) groups excluding carboxylic acids is 4. The van der Waals surface area contributed by atoms with Crippen molar-refractivity contribution in [1.82, 2.24) is 0 Å². The van der Waals surface area contributed by atoms with E-state index in [9.17, 15) is 19.2 Å². The maximum Gasteiger partial charge on any atom is 0.338 e. The molecule has 0 radical (unpaired) electrons. The maximum atomic E-state index is 13.5. The highest BCUT2D eigenvalue weighted by Gasteiger charge is 2.20. The van der Waals surface area contributed by atoms with Crippen molar-refractivity contribution in [1.29, 1.82) is 0 Å². The van der Waals surface area contributed by atoms with Crippen LogP contribution in [0.3, 0.4) is 0 Å². The minimum Gasteiger partial charge on any atom is -0.423 e. The standard InChI is InChI=1S/C77H58O8/c1-10-11-47-12-14-48(15-13-47)59-35-56-18-16-52(38-68(56)71(41-59)83-75(79)44(4)5)53-17-19-57-36-60-33-51(24-29-66(60)73(69(57)39-53)85-77(81)46(8)9)54-25-30-67-65-28-23-50(34-61(65)42-72(70(67)40-54)84-76(80)45(6)7)49-22-27-63-55(32-49)20-21-58-37-62(26-31-64(58)63)82-74(78)43(2)3/h12-42H,2,4,6,8,10-11H2,1,3,5,7,9H3. The lowest BCUT2D eigenvalue weighted by Gasteiger charge is -2.16. The summed E-state index contributed by atoms with van der Waals surface area (Å²) in [5, 5.41) is 12.4. The largest absolute Gasteiger partial charge is 0.423 e. The third-order valence-corrected chi connectivity index (χ3v) is 15.6. The number of fused-ring (bicyclic) bond motifs is 9. The van der Waals surface area contributed by atoms with E-state index in [1.165, 1.54) is 5.56 Å². The molecule has 0 unspecified atom stereocenters. The molecule has 414 valence electrons. The van der Waals surface area contributed by atoms with Gasteiger partial charge in [-0.3, -0.25) is 0 Å². The Morgan fingerprint density at radius 1 is 0.306 bits per heavy atom. The summed E-state index contributed by atoms with van der Waals surface area (Å²) in [5.74, 6) is -0.373. The van der Waals surface area contributed by atoms with Gasteiger partial charge in [0.15, 0.2) is 0 Å². The van der Waals surface area contributed by atoms with E-state index in [0.29, 0.717) is 34.1 Å². The highest BCUT2D eigenvalue weighted by molar-refractivity contribution is 6.15. The molecule has 0 fully saturated rings. The van der Waals surface area contributed by atoms with Gasteiger partial charge in [-0.2, -0.15) is 0 Å². The van der Waals surface area contributed by atoms with Gasteiger partial charge in [0.2, 0.25) is 0 Å². The summed E-state index contributed by atoms with van der Waals surface area (Å²) in [4.78, 5) is 52.1. The lowest BCUT2D eigenvalue weighted by Crippen LogP contribution is -2.09. The van der Waals surface area contributed by atoms with Gasteiger partial charge in [-0.05, 0) is 217 Å². The number of hydrogen-bond acceptors (Lipinski definition) is 8. The van der Waals surface area contributed by atoms with Gasteiger partial charge in [-0.25, -0.2) is 19.2 Å². The van der Waals surface area contributed by atoms with Gasteiger partial charge < -0.3 is 18.9 Å². The first-order chi connectivity index (χ1) is 41.0. The number of ether oxygens (including phenoxy) is 4. The van der Waals surface area contributed by atoms with Crippen LogP contribution in [0.15, 0.2) is 237 Å². The SMILES string of the molecule is C=C(C)C(=O)Oc1ccc2c(ccc3cc(-c4ccc5c(c4)cc(OC(=O)C(=C)C)c4cc(-c6ccc7c(OC(=O)C(=C)C)c8cc(-c9ccc%10cc(-c%11ccc(CCC)cc%11)cc(OC(=O)C(=C)C)c%10c9)ccc8cc7c6)ccc45)ccc32)c1. The molecule has 0 bridgehead atoms. The van der Waals surface area contributed by atoms with Crippen molar-refractivity contribution >= 4 is 99.3 Å². The molecular weight excluding hydrogens is 1050 g/mol. The van der Waals surface area contributed by atoms with Crippen LogP contribution in [-0.2, 0) is 25.6 Å². The number of esters is 4. The van der Waals surface area contributed by atoms with E-state index in [1.54, 1.807) is 33.8 Å². The smallest absolute Gasteiger partial charge is 0.338 e. The van der Waals surface area contributed by atoms with E-state index in [2.05, 4.69) is 130 Å². The minimum atomic E-state index is -0.549. The van der Waals surface area contributed by atoms with Crippen LogP contribution in [0.4, 0.5) is 0 Å². The number of rotatable bonds is 14. The molecule has 12 aromatic carbocycles. The zero-order valence-electron chi connectivity index (χ0n) is 47.9. The van der Waals surface area contributed by atoms with Crippen LogP contribution >= 0.6 is 0 Å². The molecule has 8 heteroatoms. The number of benzene rings is 12. The van der Waals surface area contributed by atoms with Gasteiger partial charge in [0, 0.05) is 43.8 Å². The third kappa shape index (κ3) is 10.7. The lowest BCUT2D eigenvalue weighted by molar-refractivity contribution is -0.130. The Morgan fingerprint density at radius 3 is 1.28 bits per heavy atom. The van der Waals surface area contributed by atoms with Gasteiger partial charge in [-0.15, -0.1) is 0 Å². The summed E-state index contributed by atoms with van der Waals surface area (Å²) in [6.45, 7) is 24.0. The van der Waals surface area contributed by atoms with E-state index in [0.717, 1.165) is 133 Å². The Bertz CT molecular complexity index is 4920. The number of aryl methyl sites for hydroxylation is 1. The quantitative estimate of drug-likeness (QED) is 0.0349. The normalized spacial score (nSPS) is 11.4. The van der Waals surface area contributed by atoms with Gasteiger partial charge in [0.1, 0.15) is 23.0 Å². The van der Waals surface area contributed by atoms with Crippen molar-refractivity contribution in [3.8, 4) is 67.5 Å².